The van der Waals surface area contributed by atoms with Gasteiger partial charge in [0.15, 0.2) is 0 Å². The SMILES string of the molecule is CC(C)CCn1c(N)nc2c(OC(C)C)cccc21. The van der Waals surface area contributed by atoms with Crippen molar-refractivity contribution < 1.29 is 4.74 Å². The van der Waals surface area contributed by atoms with Gasteiger partial charge in [-0.1, -0.05) is 19.9 Å². The molecule has 0 aliphatic carbocycles. The van der Waals surface area contributed by atoms with Crippen molar-refractivity contribution in [2.24, 2.45) is 5.92 Å². The average molecular weight is 261 g/mol. The van der Waals surface area contributed by atoms with E-state index in [0.717, 1.165) is 29.7 Å². The van der Waals surface area contributed by atoms with Crippen molar-refractivity contribution in [3.63, 3.8) is 0 Å². The molecule has 2 aromatic rings. The first-order valence-electron chi connectivity index (χ1n) is 6.90. The summed E-state index contributed by atoms with van der Waals surface area (Å²) in [6, 6.07) is 5.99. The zero-order chi connectivity index (χ0) is 14.0. The van der Waals surface area contributed by atoms with Crippen molar-refractivity contribution in [1.82, 2.24) is 9.55 Å². The van der Waals surface area contributed by atoms with E-state index in [0.29, 0.717) is 11.9 Å². The first-order chi connectivity index (χ1) is 8.99. The van der Waals surface area contributed by atoms with Crippen LogP contribution in [0, 0.1) is 5.92 Å². The largest absolute Gasteiger partial charge is 0.489 e. The van der Waals surface area contributed by atoms with Crippen LogP contribution in [-0.4, -0.2) is 15.7 Å². The van der Waals surface area contributed by atoms with Gasteiger partial charge >= 0.3 is 0 Å². The molecule has 1 aromatic carbocycles. The van der Waals surface area contributed by atoms with Gasteiger partial charge in [-0.15, -0.1) is 0 Å². The van der Waals surface area contributed by atoms with Crippen LogP contribution in [0.4, 0.5) is 5.95 Å². The number of benzene rings is 1. The Balaban J connectivity index is 2.40. The number of hydrogen-bond donors (Lipinski definition) is 1. The zero-order valence-corrected chi connectivity index (χ0v) is 12.2. The Hall–Kier alpha value is -1.71. The number of para-hydroxylation sites is 1. The normalized spacial score (nSPS) is 11.7. The molecule has 1 aromatic heterocycles. The number of nitrogen functional groups attached to an aromatic ring is 1. The van der Waals surface area contributed by atoms with Gasteiger partial charge in [-0.25, -0.2) is 4.98 Å². The number of rotatable bonds is 5. The van der Waals surface area contributed by atoms with E-state index in [1.54, 1.807) is 0 Å². The molecule has 0 amide bonds. The van der Waals surface area contributed by atoms with Gasteiger partial charge in [0.1, 0.15) is 11.3 Å². The lowest BCUT2D eigenvalue weighted by molar-refractivity contribution is 0.245. The Labute approximate surface area is 114 Å². The van der Waals surface area contributed by atoms with Crippen LogP contribution in [0.25, 0.3) is 11.0 Å². The zero-order valence-electron chi connectivity index (χ0n) is 12.2. The molecule has 0 saturated heterocycles. The molecule has 4 heteroatoms. The lowest BCUT2D eigenvalue weighted by Crippen LogP contribution is -2.06. The van der Waals surface area contributed by atoms with Crippen LogP contribution in [0.1, 0.15) is 34.1 Å². The maximum Gasteiger partial charge on any atom is 0.201 e. The molecule has 0 aliphatic rings. The molecule has 2 N–H and O–H groups in total. The number of nitrogens with two attached hydrogens (primary N) is 1. The third-order valence-corrected chi connectivity index (χ3v) is 3.06. The topological polar surface area (TPSA) is 53.1 Å². The summed E-state index contributed by atoms with van der Waals surface area (Å²) in [5.74, 6) is 2.02. The second-order valence-corrected chi connectivity index (χ2v) is 5.59. The number of anilines is 1. The fraction of sp³-hybridized carbons (Fsp3) is 0.533. The third kappa shape index (κ3) is 3.00. The number of hydrogen-bond acceptors (Lipinski definition) is 3. The summed E-state index contributed by atoms with van der Waals surface area (Å²) in [5.41, 5.74) is 7.95. The standard InChI is InChI=1S/C15H23N3O/c1-10(2)8-9-18-12-6-5-7-13(19-11(3)4)14(12)17-15(18)16/h5-7,10-11H,8-9H2,1-4H3,(H2,16,17). The van der Waals surface area contributed by atoms with Crippen molar-refractivity contribution in [3.05, 3.63) is 18.2 Å². The molecule has 4 nitrogen and oxygen atoms in total. The lowest BCUT2D eigenvalue weighted by atomic mass is 10.1. The molecule has 1 heterocycles. The van der Waals surface area contributed by atoms with Gasteiger partial charge in [0.25, 0.3) is 0 Å². The van der Waals surface area contributed by atoms with Crippen LogP contribution in [-0.2, 0) is 6.54 Å². The van der Waals surface area contributed by atoms with Crippen molar-refractivity contribution in [2.75, 3.05) is 5.73 Å². The smallest absolute Gasteiger partial charge is 0.201 e. The van der Waals surface area contributed by atoms with E-state index in [1.165, 1.54) is 0 Å². The Morgan fingerprint density at radius 2 is 2.00 bits per heavy atom. The summed E-state index contributed by atoms with van der Waals surface area (Å²) in [6.45, 7) is 9.34. The van der Waals surface area contributed by atoms with Crippen LogP contribution in [0.15, 0.2) is 18.2 Å². The van der Waals surface area contributed by atoms with Gasteiger partial charge in [-0.2, -0.15) is 0 Å². The highest BCUT2D eigenvalue weighted by atomic mass is 16.5. The fourth-order valence-corrected chi connectivity index (χ4v) is 2.11. The summed E-state index contributed by atoms with van der Waals surface area (Å²) in [6.07, 6.45) is 1.22. The van der Waals surface area contributed by atoms with Gasteiger partial charge in [0.05, 0.1) is 11.6 Å². The number of aromatic nitrogens is 2. The number of aryl methyl sites for hydroxylation is 1. The maximum absolute atomic E-state index is 6.04. The second kappa shape index (κ2) is 5.51. The van der Waals surface area contributed by atoms with Gasteiger partial charge in [-0.05, 0) is 38.3 Å². The number of fused-ring (bicyclic) bond motifs is 1. The molecule has 0 unspecified atom stereocenters. The van der Waals surface area contributed by atoms with Gasteiger partial charge in [-0.3, -0.25) is 0 Å². The Morgan fingerprint density at radius 3 is 2.63 bits per heavy atom. The molecule has 0 saturated carbocycles. The minimum atomic E-state index is 0.132. The highest BCUT2D eigenvalue weighted by molar-refractivity contribution is 5.84. The summed E-state index contributed by atoms with van der Waals surface area (Å²) in [7, 11) is 0. The van der Waals surface area contributed by atoms with Gasteiger partial charge in [0.2, 0.25) is 5.95 Å². The molecule has 0 fully saturated rings. The maximum atomic E-state index is 6.04. The quantitative estimate of drug-likeness (QED) is 0.896. The summed E-state index contributed by atoms with van der Waals surface area (Å²) in [4.78, 5) is 4.46. The number of imidazole rings is 1. The van der Waals surface area contributed by atoms with E-state index in [1.807, 2.05) is 32.0 Å². The molecular formula is C15H23N3O. The number of ether oxygens (including phenoxy) is 1. The molecule has 0 bridgehead atoms. The fourth-order valence-electron chi connectivity index (χ4n) is 2.11. The predicted octanol–water partition coefficient (Wildman–Crippen LogP) is 3.45. The molecule has 0 atom stereocenters. The van der Waals surface area contributed by atoms with E-state index in [2.05, 4.69) is 23.4 Å². The Bertz CT molecular complexity index is 558. The first kappa shape index (κ1) is 13.7. The molecule has 0 radical (unpaired) electrons. The van der Waals surface area contributed by atoms with E-state index >= 15 is 0 Å². The van der Waals surface area contributed by atoms with Crippen molar-refractivity contribution in [2.45, 2.75) is 46.8 Å². The van der Waals surface area contributed by atoms with Gasteiger partial charge < -0.3 is 15.0 Å². The van der Waals surface area contributed by atoms with E-state index in [-0.39, 0.29) is 6.10 Å². The van der Waals surface area contributed by atoms with Crippen LogP contribution < -0.4 is 10.5 Å². The first-order valence-corrected chi connectivity index (χ1v) is 6.90. The van der Waals surface area contributed by atoms with E-state index in [9.17, 15) is 0 Å². The molecule has 0 aliphatic heterocycles. The van der Waals surface area contributed by atoms with E-state index < -0.39 is 0 Å². The molecular weight excluding hydrogens is 238 g/mol. The van der Waals surface area contributed by atoms with Crippen LogP contribution in [0.3, 0.4) is 0 Å². The molecule has 19 heavy (non-hydrogen) atoms. The number of nitrogens with zero attached hydrogens (tertiary/aromatic N) is 2. The van der Waals surface area contributed by atoms with Crippen molar-refractivity contribution in [3.8, 4) is 5.75 Å². The van der Waals surface area contributed by atoms with E-state index in [4.69, 9.17) is 10.5 Å². The highest BCUT2D eigenvalue weighted by Crippen LogP contribution is 2.28. The third-order valence-electron chi connectivity index (χ3n) is 3.06. The van der Waals surface area contributed by atoms with Crippen molar-refractivity contribution >= 4 is 17.0 Å². The van der Waals surface area contributed by atoms with Crippen LogP contribution in [0.2, 0.25) is 0 Å². The predicted molar refractivity (Wildman–Crippen MR) is 79.4 cm³/mol. The second-order valence-electron chi connectivity index (χ2n) is 5.59. The molecule has 0 spiro atoms. The van der Waals surface area contributed by atoms with Gasteiger partial charge in [0, 0.05) is 6.54 Å². The minimum Gasteiger partial charge on any atom is -0.489 e. The monoisotopic (exact) mass is 261 g/mol. The summed E-state index contributed by atoms with van der Waals surface area (Å²) < 4.78 is 7.86. The summed E-state index contributed by atoms with van der Waals surface area (Å²) >= 11 is 0. The molecule has 104 valence electrons. The highest BCUT2D eigenvalue weighted by Gasteiger charge is 2.13. The Morgan fingerprint density at radius 1 is 1.26 bits per heavy atom. The minimum absolute atomic E-state index is 0.132. The van der Waals surface area contributed by atoms with Crippen molar-refractivity contribution in [1.29, 1.82) is 0 Å². The van der Waals surface area contributed by atoms with Crippen LogP contribution >= 0.6 is 0 Å². The molecule has 2 rings (SSSR count). The summed E-state index contributed by atoms with van der Waals surface area (Å²) in [5, 5.41) is 0. The average Bonchev–Trinajstić information content (AvgIpc) is 2.63. The Kier molecular flexibility index (Phi) is 3.98. The van der Waals surface area contributed by atoms with Crippen LogP contribution in [0.5, 0.6) is 5.75 Å². The lowest BCUT2D eigenvalue weighted by Gasteiger charge is -2.11.